The van der Waals surface area contributed by atoms with Crippen LogP contribution in [0.15, 0.2) is 52.4 Å². The molecule has 8 heteroatoms. The van der Waals surface area contributed by atoms with E-state index in [2.05, 4.69) is 15.3 Å². The average Bonchev–Trinajstić information content (AvgIpc) is 2.66. The van der Waals surface area contributed by atoms with E-state index in [-0.39, 0.29) is 23.3 Å². The number of aryl methyl sites for hydroxylation is 1. The molecule has 7 nitrogen and oxygen atoms in total. The van der Waals surface area contributed by atoms with Crippen LogP contribution in [0.5, 0.6) is 0 Å². The third-order valence-corrected chi connectivity index (χ3v) is 4.94. The van der Waals surface area contributed by atoms with Gasteiger partial charge in [0.25, 0.3) is 5.56 Å². The van der Waals surface area contributed by atoms with Crippen LogP contribution in [0.2, 0.25) is 0 Å². The van der Waals surface area contributed by atoms with E-state index in [1.54, 1.807) is 31.4 Å². The van der Waals surface area contributed by atoms with Gasteiger partial charge in [0.15, 0.2) is 5.16 Å². The fraction of sp³-hybridized carbons (Fsp3) is 0.300. The second kappa shape index (κ2) is 8.99. The lowest BCUT2D eigenvalue weighted by molar-refractivity contribution is -0.119. The van der Waals surface area contributed by atoms with E-state index in [0.717, 1.165) is 5.69 Å². The Kier molecular flexibility index (Phi) is 6.43. The Morgan fingerprint density at radius 1 is 1.21 bits per heavy atom. The molecule has 0 spiro atoms. The lowest BCUT2D eigenvalue weighted by atomic mass is 10.2. The summed E-state index contributed by atoms with van der Waals surface area (Å²) in [6.07, 6.45) is 0. The van der Waals surface area contributed by atoms with Gasteiger partial charge in [-0.25, -0.2) is 14.5 Å². The van der Waals surface area contributed by atoms with Gasteiger partial charge in [-0.15, -0.1) is 0 Å². The van der Waals surface area contributed by atoms with Crippen molar-refractivity contribution in [3.8, 4) is 5.82 Å². The van der Waals surface area contributed by atoms with Crippen LogP contribution >= 0.6 is 11.8 Å². The largest absolute Gasteiger partial charge is 0.383 e. The summed E-state index contributed by atoms with van der Waals surface area (Å²) >= 11 is 1.20. The van der Waals surface area contributed by atoms with Crippen LogP contribution in [-0.4, -0.2) is 46.0 Å². The molecule has 1 atom stereocenters. The predicted molar refractivity (Wildman–Crippen MR) is 110 cm³/mol. The van der Waals surface area contributed by atoms with Gasteiger partial charge in [0.2, 0.25) is 5.91 Å². The maximum atomic E-state index is 13.1. The highest BCUT2D eigenvalue weighted by molar-refractivity contribution is 7.99. The zero-order valence-corrected chi connectivity index (χ0v) is 16.8. The average molecular weight is 398 g/mol. The van der Waals surface area contributed by atoms with Crippen LogP contribution in [0.4, 0.5) is 0 Å². The van der Waals surface area contributed by atoms with Crippen LogP contribution in [0.25, 0.3) is 16.7 Å². The number of carbonyl (C=O) groups excluding carboxylic acids is 1. The van der Waals surface area contributed by atoms with Gasteiger partial charge in [-0.05, 0) is 38.1 Å². The summed E-state index contributed by atoms with van der Waals surface area (Å²) in [7, 11) is 1.59. The molecule has 0 radical (unpaired) electrons. The van der Waals surface area contributed by atoms with Crippen molar-refractivity contribution >= 4 is 28.6 Å². The number of rotatable bonds is 7. The number of aromatic nitrogens is 3. The molecule has 3 rings (SSSR count). The maximum absolute atomic E-state index is 13.1. The molecule has 2 heterocycles. The number of benzene rings is 1. The van der Waals surface area contributed by atoms with Crippen LogP contribution in [0.3, 0.4) is 0 Å². The van der Waals surface area contributed by atoms with E-state index in [1.807, 2.05) is 32.0 Å². The molecule has 0 unspecified atom stereocenters. The van der Waals surface area contributed by atoms with Gasteiger partial charge in [0.1, 0.15) is 5.82 Å². The van der Waals surface area contributed by atoms with Crippen LogP contribution in [0, 0.1) is 6.92 Å². The molecule has 0 saturated carbocycles. The lowest BCUT2D eigenvalue weighted by Gasteiger charge is -2.14. The van der Waals surface area contributed by atoms with Gasteiger partial charge >= 0.3 is 0 Å². The maximum Gasteiger partial charge on any atom is 0.267 e. The van der Waals surface area contributed by atoms with Crippen molar-refractivity contribution in [2.24, 2.45) is 0 Å². The molecule has 1 amide bonds. The topological polar surface area (TPSA) is 86.1 Å². The number of nitrogens with one attached hydrogen (secondary N) is 1. The minimum absolute atomic E-state index is 0.0942. The molecule has 1 aromatic carbocycles. The third-order valence-electron chi connectivity index (χ3n) is 4.00. The number of methoxy groups -OCH3 is 1. The number of fused-ring (bicyclic) bond motifs is 1. The van der Waals surface area contributed by atoms with E-state index in [4.69, 9.17) is 4.74 Å². The number of amides is 1. The minimum atomic E-state index is -0.209. The standard InChI is InChI=1S/C20H22N4O3S/c1-13-7-6-10-17(21-13)24-19(26)15-8-4-5-9-16(15)23-20(24)28-12-18(25)22-14(2)11-27-3/h4-10,14H,11-12H2,1-3H3,(H,22,25)/t14-/m0/s1. The monoisotopic (exact) mass is 398 g/mol. The Balaban J connectivity index is 1.97. The molecule has 0 aliphatic carbocycles. The predicted octanol–water partition coefficient (Wildman–Crippen LogP) is 2.33. The molecule has 146 valence electrons. The van der Waals surface area contributed by atoms with E-state index in [1.165, 1.54) is 16.3 Å². The van der Waals surface area contributed by atoms with Crippen molar-refractivity contribution in [2.45, 2.75) is 25.0 Å². The Morgan fingerprint density at radius 3 is 2.75 bits per heavy atom. The Labute approximate surface area is 167 Å². The normalized spacial score (nSPS) is 12.1. The first-order valence-electron chi connectivity index (χ1n) is 8.86. The highest BCUT2D eigenvalue weighted by Crippen LogP contribution is 2.20. The zero-order chi connectivity index (χ0) is 20.1. The summed E-state index contributed by atoms with van der Waals surface area (Å²) in [5.41, 5.74) is 1.17. The second-order valence-electron chi connectivity index (χ2n) is 6.40. The summed E-state index contributed by atoms with van der Waals surface area (Å²) in [5, 5.41) is 3.79. The van der Waals surface area contributed by atoms with Gasteiger partial charge < -0.3 is 10.1 Å². The summed E-state index contributed by atoms with van der Waals surface area (Å²) in [6, 6.07) is 12.5. The molecule has 0 bridgehead atoms. The molecule has 0 aliphatic rings. The first-order valence-corrected chi connectivity index (χ1v) is 9.85. The molecule has 0 aliphatic heterocycles. The summed E-state index contributed by atoms with van der Waals surface area (Å²) in [5.74, 6) is 0.463. The summed E-state index contributed by atoms with van der Waals surface area (Å²) < 4.78 is 6.50. The van der Waals surface area contributed by atoms with Gasteiger partial charge in [-0.2, -0.15) is 0 Å². The van der Waals surface area contributed by atoms with Crippen LogP contribution in [0.1, 0.15) is 12.6 Å². The summed E-state index contributed by atoms with van der Waals surface area (Å²) in [6.45, 7) is 4.16. The minimum Gasteiger partial charge on any atom is -0.383 e. The fourth-order valence-electron chi connectivity index (χ4n) is 2.80. The van der Waals surface area contributed by atoms with Gasteiger partial charge in [-0.1, -0.05) is 30.0 Å². The molecular weight excluding hydrogens is 376 g/mol. The van der Waals surface area contributed by atoms with Crippen LogP contribution in [-0.2, 0) is 9.53 Å². The molecule has 0 saturated heterocycles. The number of hydrogen-bond donors (Lipinski definition) is 1. The van der Waals surface area contributed by atoms with Crippen molar-refractivity contribution in [3.63, 3.8) is 0 Å². The van der Waals surface area contributed by atoms with E-state index in [0.29, 0.717) is 28.5 Å². The Hall–Kier alpha value is -2.71. The van der Waals surface area contributed by atoms with Crippen molar-refractivity contribution < 1.29 is 9.53 Å². The number of para-hydroxylation sites is 1. The molecular formula is C20H22N4O3S. The van der Waals surface area contributed by atoms with Gasteiger partial charge in [-0.3, -0.25) is 9.59 Å². The summed E-state index contributed by atoms with van der Waals surface area (Å²) in [4.78, 5) is 34.4. The number of pyridine rings is 1. The Morgan fingerprint density at radius 2 is 2.00 bits per heavy atom. The molecule has 1 N–H and O–H groups in total. The number of carbonyl (C=O) groups is 1. The van der Waals surface area contributed by atoms with Crippen molar-refractivity contribution in [2.75, 3.05) is 19.5 Å². The Bertz CT molecular complexity index is 1050. The number of nitrogens with zero attached hydrogens (tertiary/aromatic N) is 3. The van der Waals surface area contributed by atoms with Crippen molar-refractivity contribution in [1.82, 2.24) is 19.9 Å². The number of thioether (sulfide) groups is 1. The first kappa shape index (κ1) is 20.0. The number of hydrogen-bond acceptors (Lipinski definition) is 6. The second-order valence-corrected chi connectivity index (χ2v) is 7.34. The molecule has 0 fully saturated rings. The molecule has 3 aromatic rings. The van der Waals surface area contributed by atoms with Crippen molar-refractivity contribution in [1.29, 1.82) is 0 Å². The van der Waals surface area contributed by atoms with Crippen molar-refractivity contribution in [3.05, 3.63) is 58.5 Å². The van der Waals surface area contributed by atoms with Gasteiger partial charge in [0, 0.05) is 18.8 Å². The van der Waals surface area contributed by atoms with E-state index in [9.17, 15) is 9.59 Å². The fourth-order valence-corrected chi connectivity index (χ4v) is 3.61. The van der Waals surface area contributed by atoms with Gasteiger partial charge in [0.05, 0.1) is 23.3 Å². The highest BCUT2D eigenvalue weighted by Gasteiger charge is 2.16. The van der Waals surface area contributed by atoms with Crippen LogP contribution < -0.4 is 10.9 Å². The quantitative estimate of drug-likeness (QED) is 0.486. The third kappa shape index (κ3) is 4.58. The molecule has 28 heavy (non-hydrogen) atoms. The molecule has 2 aromatic heterocycles. The number of ether oxygens (including phenoxy) is 1. The zero-order valence-electron chi connectivity index (χ0n) is 16.0. The highest BCUT2D eigenvalue weighted by atomic mass is 32.2. The van der Waals surface area contributed by atoms with E-state index < -0.39 is 0 Å². The SMILES string of the molecule is COC[C@H](C)NC(=O)CSc1nc2ccccc2c(=O)n1-c1cccc(C)n1. The lowest BCUT2D eigenvalue weighted by Crippen LogP contribution is -2.36. The first-order chi connectivity index (χ1) is 13.5. The van der Waals surface area contributed by atoms with E-state index >= 15 is 0 Å². The smallest absolute Gasteiger partial charge is 0.267 e.